The normalized spacial score (nSPS) is 11.8. The van der Waals surface area contributed by atoms with Crippen LogP contribution in [0.3, 0.4) is 0 Å². The van der Waals surface area contributed by atoms with Crippen LogP contribution in [0, 0.1) is 6.92 Å². The Morgan fingerprint density at radius 2 is 1.76 bits per heavy atom. The number of amides is 1. The molecule has 2 aromatic rings. The van der Waals surface area contributed by atoms with E-state index in [0.29, 0.717) is 11.4 Å². The molecule has 4 heteroatoms. The predicted octanol–water partition coefficient (Wildman–Crippen LogP) is 3.07. The third-order valence-corrected chi connectivity index (χ3v) is 3.07. The minimum atomic E-state index is -0.514. The summed E-state index contributed by atoms with van der Waals surface area (Å²) in [6.45, 7) is 3.65. The smallest absolute Gasteiger partial charge is 0.262 e. The molecule has 1 atom stereocenters. The Kier molecular flexibility index (Phi) is 4.95. The number of carbonyl (C=O) groups excluding carboxylic acids is 1. The molecule has 0 spiro atoms. The number of carbonyl (C=O) groups is 1. The number of aliphatic hydroxyl groups is 1. The zero-order chi connectivity index (χ0) is 15.2. The van der Waals surface area contributed by atoms with Gasteiger partial charge in [0.25, 0.3) is 5.91 Å². The van der Waals surface area contributed by atoms with Gasteiger partial charge in [0.1, 0.15) is 5.75 Å². The van der Waals surface area contributed by atoms with Gasteiger partial charge in [-0.3, -0.25) is 4.79 Å². The van der Waals surface area contributed by atoms with Crippen LogP contribution in [0.1, 0.15) is 24.2 Å². The zero-order valence-electron chi connectivity index (χ0n) is 12.2. The minimum absolute atomic E-state index is 0.0405. The third kappa shape index (κ3) is 4.61. The lowest BCUT2D eigenvalue weighted by Crippen LogP contribution is -2.20. The first-order valence-electron chi connectivity index (χ1n) is 6.82. The second-order valence-electron chi connectivity index (χ2n) is 4.95. The number of aryl methyl sites for hydroxylation is 1. The summed E-state index contributed by atoms with van der Waals surface area (Å²) < 4.78 is 5.40. The Balaban J connectivity index is 1.85. The molecule has 0 aliphatic rings. The number of hydrogen-bond acceptors (Lipinski definition) is 3. The van der Waals surface area contributed by atoms with Crippen molar-refractivity contribution in [3.8, 4) is 5.75 Å². The van der Waals surface area contributed by atoms with Gasteiger partial charge in [-0.05, 0) is 43.7 Å². The Labute approximate surface area is 124 Å². The highest BCUT2D eigenvalue weighted by Crippen LogP contribution is 2.16. The summed E-state index contributed by atoms with van der Waals surface area (Å²) >= 11 is 0. The molecule has 110 valence electrons. The highest BCUT2D eigenvalue weighted by atomic mass is 16.5. The summed E-state index contributed by atoms with van der Waals surface area (Å²) in [5.74, 6) is 0.445. The monoisotopic (exact) mass is 285 g/mol. The maximum Gasteiger partial charge on any atom is 0.262 e. The number of benzene rings is 2. The van der Waals surface area contributed by atoms with E-state index in [4.69, 9.17) is 4.74 Å². The van der Waals surface area contributed by atoms with Crippen LogP contribution in [-0.4, -0.2) is 17.6 Å². The van der Waals surface area contributed by atoms with Gasteiger partial charge in [0, 0.05) is 5.69 Å². The van der Waals surface area contributed by atoms with Crippen molar-refractivity contribution < 1.29 is 14.6 Å². The van der Waals surface area contributed by atoms with Crippen LogP contribution in [0.15, 0.2) is 48.5 Å². The summed E-state index contributed by atoms with van der Waals surface area (Å²) in [5, 5.41) is 12.2. The fourth-order valence-corrected chi connectivity index (χ4v) is 1.83. The van der Waals surface area contributed by atoms with E-state index in [1.807, 2.05) is 31.2 Å². The van der Waals surface area contributed by atoms with Crippen LogP contribution in [0.4, 0.5) is 5.69 Å². The number of ether oxygens (including phenoxy) is 1. The van der Waals surface area contributed by atoms with Crippen molar-refractivity contribution in [2.45, 2.75) is 20.0 Å². The zero-order valence-corrected chi connectivity index (χ0v) is 12.2. The van der Waals surface area contributed by atoms with E-state index in [1.165, 1.54) is 0 Å². The van der Waals surface area contributed by atoms with E-state index >= 15 is 0 Å². The molecule has 0 radical (unpaired) electrons. The van der Waals surface area contributed by atoms with Gasteiger partial charge in [-0.2, -0.15) is 0 Å². The van der Waals surface area contributed by atoms with Gasteiger partial charge in [0.05, 0.1) is 6.10 Å². The number of anilines is 1. The molecule has 2 rings (SSSR count). The molecule has 0 fully saturated rings. The van der Waals surface area contributed by atoms with Gasteiger partial charge in [-0.25, -0.2) is 0 Å². The Morgan fingerprint density at radius 3 is 2.33 bits per heavy atom. The number of nitrogens with one attached hydrogen (secondary N) is 1. The molecule has 0 saturated heterocycles. The lowest BCUT2D eigenvalue weighted by atomic mass is 10.1. The number of hydrogen-bond donors (Lipinski definition) is 2. The van der Waals surface area contributed by atoms with Gasteiger partial charge < -0.3 is 15.2 Å². The summed E-state index contributed by atoms with van der Waals surface area (Å²) in [6, 6.07) is 14.6. The van der Waals surface area contributed by atoms with Crippen LogP contribution < -0.4 is 10.1 Å². The van der Waals surface area contributed by atoms with E-state index in [1.54, 1.807) is 31.2 Å². The first kappa shape index (κ1) is 15.1. The molecule has 1 amide bonds. The lowest BCUT2D eigenvalue weighted by molar-refractivity contribution is -0.118. The Hall–Kier alpha value is -2.33. The molecule has 0 bridgehead atoms. The molecule has 2 aromatic carbocycles. The molecule has 0 aromatic heterocycles. The van der Waals surface area contributed by atoms with E-state index in [9.17, 15) is 9.90 Å². The van der Waals surface area contributed by atoms with Crippen molar-refractivity contribution in [1.82, 2.24) is 0 Å². The first-order chi connectivity index (χ1) is 10.0. The predicted molar refractivity (Wildman–Crippen MR) is 82.4 cm³/mol. The lowest BCUT2D eigenvalue weighted by Gasteiger charge is -2.09. The van der Waals surface area contributed by atoms with Crippen LogP contribution in [0.2, 0.25) is 0 Å². The fraction of sp³-hybridized carbons (Fsp3) is 0.235. The van der Waals surface area contributed by atoms with E-state index in [-0.39, 0.29) is 12.5 Å². The second-order valence-corrected chi connectivity index (χ2v) is 4.95. The van der Waals surface area contributed by atoms with Crippen LogP contribution in [0.25, 0.3) is 0 Å². The minimum Gasteiger partial charge on any atom is -0.484 e. The molecule has 0 aliphatic carbocycles. The quantitative estimate of drug-likeness (QED) is 0.887. The van der Waals surface area contributed by atoms with Crippen molar-refractivity contribution in [3.63, 3.8) is 0 Å². The summed E-state index contributed by atoms with van der Waals surface area (Å²) in [5.41, 5.74) is 2.63. The third-order valence-electron chi connectivity index (χ3n) is 3.07. The Bertz CT molecular complexity index is 588. The molecule has 0 saturated carbocycles. The molecule has 0 unspecified atom stereocenters. The molecular formula is C17H19NO3. The average Bonchev–Trinajstić information content (AvgIpc) is 2.47. The summed E-state index contributed by atoms with van der Waals surface area (Å²) in [6.07, 6.45) is -0.514. The van der Waals surface area contributed by atoms with Gasteiger partial charge in [0.2, 0.25) is 0 Å². The highest BCUT2D eigenvalue weighted by molar-refractivity contribution is 5.91. The van der Waals surface area contributed by atoms with Gasteiger partial charge in [0.15, 0.2) is 6.61 Å². The summed E-state index contributed by atoms with van der Waals surface area (Å²) in [7, 11) is 0. The molecule has 21 heavy (non-hydrogen) atoms. The van der Waals surface area contributed by atoms with Gasteiger partial charge in [-0.1, -0.05) is 29.8 Å². The van der Waals surface area contributed by atoms with Crippen molar-refractivity contribution in [1.29, 1.82) is 0 Å². The fourth-order valence-electron chi connectivity index (χ4n) is 1.83. The number of aliphatic hydroxyl groups excluding tert-OH is 1. The number of rotatable bonds is 5. The van der Waals surface area contributed by atoms with E-state index in [0.717, 1.165) is 11.1 Å². The Morgan fingerprint density at radius 1 is 1.14 bits per heavy atom. The highest BCUT2D eigenvalue weighted by Gasteiger charge is 2.05. The molecule has 0 heterocycles. The average molecular weight is 285 g/mol. The van der Waals surface area contributed by atoms with Crippen LogP contribution >= 0.6 is 0 Å². The second kappa shape index (κ2) is 6.90. The van der Waals surface area contributed by atoms with Crippen molar-refractivity contribution in [3.05, 3.63) is 59.7 Å². The maximum absolute atomic E-state index is 11.8. The van der Waals surface area contributed by atoms with E-state index in [2.05, 4.69) is 5.32 Å². The first-order valence-corrected chi connectivity index (χ1v) is 6.82. The van der Waals surface area contributed by atoms with E-state index < -0.39 is 6.10 Å². The molecule has 0 aliphatic heterocycles. The van der Waals surface area contributed by atoms with Crippen molar-refractivity contribution >= 4 is 11.6 Å². The maximum atomic E-state index is 11.8. The van der Waals surface area contributed by atoms with Crippen molar-refractivity contribution in [2.75, 3.05) is 11.9 Å². The molecule has 4 nitrogen and oxygen atoms in total. The van der Waals surface area contributed by atoms with Gasteiger partial charge in [-0.15, -0.1) is 0 Å². The largest absolute Gasteiger partial charge is 0.484 e. The van der Waals surface area contributed by atoms with Crippen LogP contribution in [-0.2, 0) is 4.79 Å². The van der Waals surface area contributed by atoms with Gasteiger partial charge >= 0.3 is 0 Å². The SMILES string of the molecule is Cc1ccc(OCC(=O)Nc2ccc([C@H](C)O)cc2)cc1. The molecular weight excluding hydrogens is 266 g/mol. The molecule has 2 N–H and O–H groups in total. The summed E-state index contributed by atoms with van der Waals surface area (Å²) in [4.78, 5) is 11.8. The topological polar surface area (TPSA) is 58.6 Å². The van der Waals surface area contributed by atoms with Crippen LogP contribution in [0.5, 0.6) is 5.75 Å². The van der Waals surface area contributed by atoms with Crippen molar-refractivity contribution in [2.24, 2.45) is 0 Å². The standard InChI is InChI=1S/C17H19NO3/c1-12-3-9-16(10-4-12)21-11-17(20)18-15-7-5-14(6-8-15)13(2)19/h3-10,13,19H,11H2,1-2H3,(H,18,20)/t13-/m0/s1.